The van der Waals surface area contributed by atoms with Crippen LogP contribution in [0.1, 0.15) is 0 Å². The van der Waals surface area contributed by atoms with Crippen LogP contribution in [0.2, 0.25) is 10.0 Å². The third kappa shape index (κ3) is 1.56. The summed E-state index contributed by atoms with van der Waals surface area (Å²) in [5.74, 6) is 0.509. The number of aromatic nitrogens is 1. The number of oxazole rings is 1. The Kier molecular flexibility index (Phi) is 2.35. The van der Waals surface area contributed by atoms with Crippen LogP contribution in [0.5, 0.6) is 0 Å². The fraction of sp³-hybridized carbons (Fsp3) is 0. The van der Waals surface area contributed by atoms with Crippen molar-refractivity contribution in [3.05, 3.63) is 34.4 Å². The molecule has 0 saturated carbocycles. The van der Waals surface area contributed by atoms with Crippen molar-refractivity contribution >= 4 is 29.2 Å². The lowest BCUT2D eigenvalue weighted by Gasteiger charge is -2.00. The maximum Gasteiger partial charge on any atom is 0.292 e. The van der Waals surface area contributed by atoms with Crippen LogP contribution in [0.15, 0.2) is 28.8 Å². The highest BCUT2D eigenvalue weighted by Gasteiger charge is 2.10. The Morgan fingerprint density at radius 2 is 2.07 bits per heavy atom. The molecule has 0 amide bonds. The molecule has 0 aliphatic carbocycles. The average Bonchev–Trinajstić information content (AvgIpc) is 2.57. The molecule has 1 aromatic heterocycles. The molecule has 5 heteroatoms. The summed E-state index contributed by atoms with van der Waals surface area (Å²) in [6, 6.07) is 5.37. The van der Waals surface area contributed by atoms with Crippen LogP contribution >= 0.6 is 23.2 Å². The summed E-state index contributed by atoms with van der Waals surface area (Å²) < 4.78 is 5.13. The van der Waals surface area contributed by atoms with Crippen molar-refractivity contribution < 1.29 is 4.42 Å². The zero-order valence-electron chi connectivity index (χ0n) is 7.00. The molecule has 0 saturated heterocycles. The Balaban J connectivity index is 2.57. The van der Waals surface area contributed by atoms with Crippen molar-refractivity contribution in [1.29, 1.82) is 0 Å². The number of rotatable bonds is 1. The van der Waals surface area contributed by atoms with Gasteiger partial charge < -0.3 is 10.2 Å². The first kappa shape index (κ1) is 9.37. The van der Waals surface area contributed by atoms with Crippen molar-refractivity contribution in [3.63, 3.8) is 0 Å². The Labute approximate surface area is 90.4 Å². The minimum atomic E-state index is 0.107. The molecule has 0 bridgehead atoms. The van der Waals surface area contributed by atoms with Gasteiger partial charge in [-0.3, -0.25) is 0 Å². The largest absolute Gasteiger partial charge is 0.424 e. The van der Waals surface area contributed by atoms with Gasteiger partial charge in [0.15, 0.2) is 5.76 Å². The SMILES string of the molecule is Nc1ncc(-c2cccc(Cl)c2Cl)o1. The lowest BCUT2D eigenvalue weighted by atomic mass is 10.2. The number of hydrogen-bond donors (Lipinski definition) is 1. The Hall–Kier alpha value is -1.19. The Bertz CT molecular complexity index is 468. The molecule has 72 valence electrons. The third-order valence-corrected chi connectivity index (χ3v) is 2.56. The quantitative estimate of drug-likeness (QED) is 0.816. The normalized spacial score (nSPS) is 10.4. The van der Waals surface area contributed by atoms with E-state index in [1.165, 1.54) is 6.20 Å². The van der Waals surface area contributed by atoms with E-state index in [-0.39, 0.29) is 6.01 Å². The van der Waals surface area contributed by atoms with Crippen molar-refractivity contribution in [2.75, 3.05) is 5.73 Å². The van der Waals surface area contributed by atoms with E-state index >= 15 is 0 Å². The van der Waals surface area contributed by atoms with Gasteiger partial charge in [-0.15, -0.1) is 0 Å². The number of nitrogens with two attached hydrogens (primary N) is 1. The predicted molar refractivity (Wildman–Crippen MR) is 56.4 cm³/mol. The van der Waals surface area contributed by atoms with Gasteiger partial charge in [-0.25, -0.2) is 4.98 Å². The van der Waals surface area contributed by atoms with E-state index in [0.717, 1.165) is 0 Å². The molecular weight excluding hydrogens is 223 g/mol. The van der Waals surface area contributed by atoms with Gasteiger partial charge in [0, 0.05) is 5.56 Å². The van der Waals surface area contributed by atoms with E-state index in [4.69, 9.17) is 33.4 Å². The molecule has 0 radical (unpaired) electrons. The van der Waals surface area contributed by atoms with E-state index < -0.39 is 0 Å². The van der Waals surface area contributed by atoms with Crippen molar-refractivity contribution in [3.8, 4) is 11.3 Å². The first-order valence-electron chi connectivity index (χ1n) is 3.84. The molecular formula is C9H6Cl2N2O. The number of nitrogens with zero attached hydrogens (tertiary/aromatic N) is 1. The number of anilines is 1. The smallest absolute Gasteiger partial charge is 0.292 e. The minimum absolute atomic E-state index is 0.107. The second kappa shape index (κ2) is 3.52. The van der Waals surface area contributed by atoms with E-state index in [9.17, 15) is 0 Å². The molecule has 0 unspecified atom stereocenters. The fourth-order valence-corrected chi connectivity index (χ4v) is 1.50. The van der Waals surface area contributed by atoms with Crippen molar-refractivity contribution in [1.82, 2.24) is 4.98 Å². The highest BCUT2D eigenvalue weighted by molar-refractivity contribution is 6.43. The topological polar surface area (TPSA) is 52.0 Å². The first-order valence-corrected chi connectivity index (χ1v) is 4.60. The zero-order valence-corrected chi connectivity index (χ0v) is 8.51. The van der Waals surface area contributed by atoms with Crippen LogP contribution < -0.4 is 5.73 Å². The van der Waals surface area contributed by atoms with Gasteiger partial charge in [0.1, 0.15) is 0 Å². The van der Waals surface area contributed by atoms with Gasteiger partial charge in [-0.05, 0) is 12.1 Å². The molecule has 0 aliphatic heterocycles. The second-order valence-corrected chi connectivity index (χ2v) is 3.45. The van der Waals surface area contributed by atoms with Gasteiger partial charge in [0.2, 0.25) is 0 Å². The minimum Gasteiger partial charge on any atom is -0.424 e. The highest BCUT2D eigenvalue weighted by Crippen LogP contribution is 2.33. The van der Waals surface area contributed by atoms with Crippen LogP contribution in [0.4, 0.5) is 6.01 Å². The third-order valence-electron chi connectivity index (χ3n) is 1.74. The van der Waals surface area contributed by atoms with Gasteiger partial charge in [0.05, 0.1) is 16.2 Å². The molecule has 0 spiro atoms. The summed E-state index contributed by atoms with van der Waals surface area (Å²) in [7, 11) is 0. The lowest BCUT2D eigenvalue weighted by molar-refractivity contribution is 0.595. The maximum atomic E-state index is 5.98. The predicted octanol–water partition coefficient (Wildman–Crippen LogP) is 3.23. The van der Waals surface area contributed by atoms with Crippen molar-refractivity contribution in [2.24, 2.45) is 0 Å². The monoisotopic (exact) mass is 228 g/mol. The van der Waals surface area contributed by atoms with Gasteiger partial charge in [0.25, 0.3) is 6.01 Å². The number of halogens is 2. The highest BCUT2D eigenvalue weighted by atomic mass is 35.5. The van der Waals surface area contributed by atoms with Crippen LogP contribution in [-0.2, 0) is 0 Å². The van der Waals surface area contributed by atoms with Crippen LogP contribution in [0, 0.1) is 0 Å². The molecule has 2 rings (SSSR count). The zero-order chi connectivity index (χ0) is 10.1. The van der Waals surface area contributed by atoms with Gasteiger partial charge >= 0.3 is 0 Å². The second-order valence-electron chi connectivity index (χ2n) is 2.66. The van der Waals surface area contributed by atoms with Crippen LogP contribution in [0.25, 0.3) is 11.3 Å². The first-order chi connectivity index (χ1) is 6.68. The Morgan fingerprint density at radius 1 is 1.29 bits per heavy atom. The molecule has 3 nitrogen and oxygen atoms in total. The lowest BCUT2D eigenvalue weighted by Crippen LogP contribution is -1.80. The van der Waals surface area contributed by atoms with E-state index in [0.29, 0.717) is 21.4 Å². The number of benzene rings is 1. The molecule has 0 aliphatic rings. The summed E-state index contributed by atoms with van der Waals surface area (Å²) in [5, 5.41) is 0.907. The Morgan fingerprint density at radius 3 is 2.71 bits per heavy atom. The van der Waals surface area contributed by atoms with E-state index in [2.05, 4.69) is 4.98 Å². The molecule has 14 heavy (non-hydrogen) atoms. The van der Waals surface area contributed by atoms with Crippen LogP contribution in [0.3, 0.4) is 0 Å². The number of nitrogen functional groups attached to an aromatic ring is 1. The van der Waals surface area contributed by atoms with Gasteiger partial charge in [-0.2, -0.15) is 0 Å². The maximum absolute atomic E-state index is 5.98. The molecule has 2 N–H and O–H groups in total. The average molecular weight is 229 g/mol. The van der Waals surface area contributed by atoms with E-state index in [1.807, 2.05) is 0 Å². The molecule has 0 atom stereocenters. The number of hydrogen-bond acceptors (Lipinski definition) is 3. The van der Waals surface area contributed by atoms with Crippen LogP contribution in [-0.4, -0.2) is 4.98 Å². The summed E-state index contributed by atoms with van der Waals surface area (Å²) in [6.45, 7) is 0. The summed E-state index contributed by atoms with van der Waals surface area (Å²) in [5.41, 5.74) is 6.03. The standard InChI is InChI=1S/C9H6Cl2N2O/c10-6-3-1-2-5(8(6)11)7-4-13-9(12)14-7/h1-4H,(H2,12,13). The van der Waals surface area contributed by atoms with Gasteiger partial charge in [-0.1, -0.05) is 29.3 Å². The summed E-state index contributed by atoms with van der Waals surface area (Å²) in [6.07, 6.45) is 1.51. The molecule has 0 fully saturated rings. The fourth-order valence-electron chi connectivity index (χ4n) is 1.11. The van der Waals surface area contributed by atoms with E-state index in [1.54, 1.807) is 18.2 Å². The summed E-state index contributed by atoms with van der Waals surface area (Å²) >= 11 is 11.8. The molecule has 1 heterocycles. The molecule has 1 aromatic carbocycles. The van der Waals surface area contributed by atoms with Crippen molar-refractivity contribution in [2.45, 2.75) is 0 Å². The molecule has 2 aromatic rings. The summed E-state index contributed by atoms with van der Waals surface area (Å²) in [4.78, 5) is 3.77.